The molecule has 1 aromatic carbocycles. The van der Waals surface area contributed by atoms with E-state index >= 15 is 0 Å². The molecule has 7 heteroatoms. The van der Waals surface area contributed by atoms with Crippen LogP contribution < -0.4 is 15.7 Å². The van der Waals surface area contributed by atoms with Gasteiger partial charge in [-0.15, -0.1) is 11.3 Å². The van der Waals surface area contributed by atoms with Gasteiger partial charge in [-0.25, -0.2) is 0 Å². The summed E-state index contributed by atoms with van der Waals surface area (Å²) in [6.07, 6.45) is 2.20. The topological polar surface area (TPSA) is 64.3 Å². The van der Waals surface area contributed by atoms with Gasteiger partial charge in [0, 0.05) is 11.3 Å². The molecule has 0 aliphatic carbocycles. The molecule has 4 rings (SSSR count). The zero-order valence-electron chi connectivity index (χ0n) is 14.2. The van der Waals surface area contributed by atoms with Crippen molar-refractivity contribution in [1.29, 1.82) is 0 Å². The third-order valence-corrected chi connectivity index (χ3v) is 6.03. The molecule has 0 bridgehead atoms. The van der Waals surface area contributed by atoms with Crippen LogP contribution in [0.2, 0.25) is 0 Å². The first kappa shape index (κ1) is 16.8. The maximum atomic E-state index is 12.7. The summed E-state index contributed by atoms with van der Waals surface area (Å²) in [4.78, 5) is 30.4. The zero-order chi connectivity index (χ0) is 18.3. The van der Waals surface area contributed by atoms with E-state index in [0.29, 0.717) is 15.9 Å². The van der Waals surface area contributed by atoms with Crippen molar-refractivity contribution in [3.63, 3.8) is 0 Å². The van der Waals surface area contributed by atoms with Gasteiger partial charge in [0.15, 0.2) is 0 Å². The Hall–Kier alpha value is -2.64. The predicted molar refractivity (Wildman–Crippen MR) is 105 cm³/mol. The second-order valence-corrected chi connectivity index (χ2v) is 8.06. The van der Waals surface area contributed by atoms with E-state index in [9.17, 15) is 9.59 Å². The van der Waals surface area contributed by atoms with Crippen LogP contribution >= 0.6 is 22.7 Å². The molecule has 3 aromatic heterocycles. The van der Waals surface area contributed by atoms with E-state index < -0.39 is 0 Å². The van der Waals surface area contributed by atoms with Crippen LogP contribution in [0.3, 0.4) is 0 Å². The number of aromatic nitrogens is 3. The third kappa shape index (κ3) is 3.11. The molecule has 0 saturated carbocycles. The number of fused-ring (bicyclic) bond motifs is 1. The van der Waals surface area contributed by atoms with Crippen LogP contribution in [0.4, 0.5) is 0 Å². The lowest BCUT2D eigenvalue weighted by molar-refractivity contribution is 0.811. The summed E-state index contributed by atoms with van der Waals surface area (Å²) in [6, 6.07) is 9.89. The summed E-state index contributed by atoms with van der Waals surface area (Å²) < 4.78 is 1.77. The number of rotatable bonds is 3. The van der Waals surface area contributed by atoms with Gasteiger partial charge >= 0.3 is 0 Å². The highest BCUT2D eigenvalue weighted by Crippen LogP contribution is 2.16. The van der Waals surface area contributed by atoms with Gasteiger partial charge in [-0.2, -0.15) is 14.6 Å². The summed E-state index contributed by atoms with van der Waals surface area (Å²) in [7, 11) is 0. The lowest BCUT2D eigenvalue weighted by Crippen LogP contribution is -2.28. The molecule has 0 unspecified atom stereocenters. The van der Waals surface area contributed by atoms with Gasteiger partial charge in [-0.1, -0.05) is 41.2 Å². The lowest BCUT2D eigenvalue weighted by atomic mass is 10.1. The summed E-state index contributed by atoms with van der Waals surface area (Å²) in [6.45, 7) is 4.01. The minimum Gasteiger partial charge on any atom is -0.266 e. The molecule has 0 N–H and O–H groups in total. The van der Waals surface area contributed by atoms with Gasteiger partial charge < -0.3 is 0 Å². The highest BCUT2D eigenvalue weighted by atomic mass is 32.1. The fraction of sp³-hybridized carbons (Fsp3) is 0.158. The molecule has 0 amide bonds. The maximum Gasteiger partial charge on any atom is 0.296 e. The molecule has 0 radical (unpaired) electrons. The molecule has 5 nitrogen and oxygen atoms in total. The first-order valence-electron chi connectivity index (χ1n) is 8.05. The van der Waals surface area contributed by atoms with Gasteiger partial charge in [-0.05, 0) is 42.5 Å². The van der Waals surface area contributed by atoms with Crippen LogP contribution in [0, 0.1) is 13.8 Å². The van der Waals surface area contributed by atoms with E-state index in [1.807, 2.05) is 55.6 Å². The van der Waals surface area contributed by atoms with Crippen molar-refractivity contribution in [2.75, 3.05) is 0 Å². The van der Waals surface area contributed by atoms with Crippen molar-refractivity contribution in [2.45, 2.75) is 20.3 Å². The van der Waals surface area contributed by atoms with Gasteiger partial charge in [0.2, 0.25) is 4.96 Å². The van der Waals surface area contributed by atoms with Crippen molar-refractivity contribution < 1.29 is 0 Å². The van der Waals surface area contributed by atoms with Crippen molar-refractivity contribution in [2.24, 2.45) is 0 Å². The van der Waals surface area contributed by atoms with Crippen molar-refractivity contribution in [3.05, 3.63) is 88.2 Å². The van der Waals surface area contributed by atoms with Crippen LogP contribution in [0.25, 0.3) is 11.0 Å². The first-order chi connectivity index (χ1) is 12.5. The van der Waals surface area contributed by atoms with Gasteiger partial charge in [0.1, 0.15) is 5.69 Å². The molecule has 0 aliphatic heterocycles. The van der Waals surface area contributed by atoms with E-state index in [1.165, 1.54) is 15.9 Å². The molecule has 26 heavy (non-hydrogen) atoms. The quantitative estimate of drug-likeness (QED) is 0.546. The second kappa shape index (κ2) is 6.59. The fourth-order valence-electron chi connectivity index (χ4n) is 2.60. The predicted octanol–water partition coefficient (Wildman–Crippen LogP) is 2.33. The lowest BCUT2D eigenvalue weighted by Gasteiger charge is -2.01. The molecule has 0 fully saturated rings. The highest BCUT2D eigenvalue weighted by molar-refractivity contribution is 7.15. The minimum atomic E-state index is -0.384. The van der Waals surface area contributed by atoms with Crippen LogP contribution in [-0.2, 0) is 6.42 Å². The Morgan fingerprint density at radius 1 is 1.12 bits per heavy atom. The Labute approximate surface area is 156 Å². The summed E-state index contributed by atoms with van der Waals surface area (Å²) >= 11 is 2.76. The minimum absolute atomic E-state index is 0.240. The number of aryl methyl sites for hydroxylation is 2. The van der Waals surface area contributed by atoms with E-state index in [2.05, 4.69) is 10.1 Å². The number of benzene rings is 1. The van der Waals surface area contributed by atoms with Gasteiger partial charge in [-0.3, -0.25) is 9.59 Å². The Balaban J connectivity index is 1.82. The molecule has 4 aromatic rings. The number of thiazole rings is 1. The Morgan fingerprint density at radius 3 is 2.58 bits per heavy atom. The number of thiophene rings is 1. The fourth-order valence-corrected chi connectivity index (χ4v) is 4.42. The van der Waals surface area contributed by atoms with Crippen LogP contribution in [0.15, 0.2) is 45.3 Å². The largest absolute Gasteiger partial charge is 0.296 e. The van der Waals surface area contributed by atoms with Crippen molar-refractivity contribution in [1.82, 2.24) is 14.6 Å². The first-order valence-corrected chi connectivity index (χ1v) is 9.75. The molecule has 0 spiro atoms. The van der Waals surface area contributed by atoms with E-state index in [1.54, 1.807) is 11.3 Å². The molecular formula is C19H15N3O2S2. The highest BCUT2D eigenvalue weighted by Gasteiger charge is 2.12. The van der Waals surface area contributed by atoms with Gasteiger partial charge in [0.05, 0.1) is 4.53 Å². The maximum absolute atomic E-state index is 12.7. The molecular weight excluding hydrogens is 366 g/mol. The van der Waals surface area contributed by atoms with E-state index in [4.69, 9.17) is 0 Å². The average molecular weight is 381 g/mol. The SMILES string of the molecule is Cc1ccc(Cc2nn3c(=O)/c(=C/c4sccc4C)sc3nc2=O)cc1. The van der Waals surface area contributed by atoms with Crippen LogP contribution in [0.1, 0.15) is 27.3 Å². The van der Waals surface area contributed by atoms with Crippen LogP contribution in [0.5, 0.6) is 0 Å². The summed E-state index contributed by atoms with van der Waals surface area (Å²) in [5.41, 5.74) is 2.88. The molecule has 3 heterocycles. The molecule has 0 atom stereocenters. The Morgan fingerprint density at radius 2 is 1.88 bits per heavy atom. The van der Waals surface area contributed by atoms with Crippen molar-refractivity contribution >= 4 is 33.7 Å². The molecule has 130 valence electrons. The number of hydrogen-bond acceptors (Lipinski definition) is 6. The average Bonchev–Trinajstić information content (AvgIpc) is 3.15. The smallest absolute Gasteiger partial charge is 0.266 e. The normalized spacial score (nSPS) is 12.2. The van der Waals surface area contributed by atoms with Crippen LogP contribution in [-0.4, -0.2) is 14.6 Å². The summed E-state index contributed by atoms with van der Waals surface area (Å²) in [5.74, 6) is 0. The Bertz CT molecular complexity index is 1270. The van der Waals surface area contributed by atoms with E-state index in [-0.39, 0.29) is 16.8 Å². The second-order valence-electron chi connectivity index (χ2n) is 6.10. The zero-order valence-corrected chi connectivity index (χ0v) is 15.9. The van der Waals surface area contributed by atoms with Gasteiger partial charge in [0.25, 0.3) is 11.1 Å². The Kier molecular flexibility index (Phi) is 4.26. The number of hydrogen-bond donors (Lipinski definition) is 0. The van der Waals surface area contributed by atoms with Crippen molar-refractivity contribution in [3.8, 4) is 0 Å². The third-order valence-electron chi connectivity index (χ3n) is 4.11. The summed E-state index contributed by atoms with van der Waals surface area (Å²) in [5, 5.41) is 6.27. The molecule has 0 aliphatic rings. The monoisotopic (exact) mass is 381 g/mol. The number of nitrogens with zero attached hydrogens (tertiary/aromatic N) is 3. The van der Waals surface area contributed by atoms with E-state index in [0.717, 1.165) is 21.6 Å². The molecule has 0 saturated heterocycles. The standard InChI is InChI=1S/C19H15N3O2S2/c1-11-3-5-13(6-4-11)9-14-17(23)20-19-22(21-14)18(24)16(26-19)10-15-12(2)7-8-25-15/h3-8,10H,9H2,1-2H3/b16-10-.